The smallest absolute Gasteiger partial charge is 0.407 e. The van der Waals surface area contributed by atoms with Crippen molar-refractivity contribution in [3.63, 3.8) is 0 Å². The van der Waals surface area contributed by atoms with Crippen LogP contribution in [0.1, 0.15) is 86.2 Å². The topological polar surface area (TPSA) is 193 Å². The quantitative estimate of drug-likeness (QED) is 0.132. The van der Waals surface area contributed by atoms with Gasteiger partial charge in [0.05, 0.1) is 50.1 Å². The van der Waals surface area contributed by atoms with Gasteiger partial charge in [0, 0.05) is 38.5 Å². The first-order valence-electron chi connectivity index (χ1n) is 22.9. The molecule has 6 fully saturated rings. The van der Waals surface area contributed by atoms with Gasteiger partial charge in [-0.05, 0) is 134 Å². The number of ether oxygens (including phenoxy) is 4. The average Bonchev–Trinajstić information content (AvgIpc) is 3.90. The van der Waals surface area contributed by atoms with Gasteiger partial charge in [0.15, 0.2) is 0 Å². The van der Waals surface area contributed by atoms with Crippen molar-refractivity contribution in [3.8, 4) is 33.6 Å². The van der Waals surface area contributed by atoms with Crippen molar-refractivity contribution in [1.29, 1.82) is 0 Å². The third kappa shape index (κ3) is 8.03. The van der Waals surface area contributed by atoms with Crippen LogP contribution >= 0.6 is 0 Å². The summed E-state index contributed by atoms with van der Waals surface area (Å²) in [5.74, 6) is 2.18. The minimum Gasteiger partial charge on any atom is -0.453 e. The summed E-state index contributed by atoms with van der Waals surface area (Å²) in [6, 6.07) is 11.4. The number of amides is 4. The largest absolute Gasteiger partial charge is 0.453 e. The zero-order chi connectivity index (χ0) is 44.2. The summed E-state index contributed by atoms with van der Waals surface area (Å²) in [5.41, 5.74) is 8.26. The number of likely N-dealkylation sites (tertiary alicyclic amines) is 2. The Labute approximate surface area is 372 Å². The van der Waals surface area contributed by atoms with E-state index in [0.29, 0.717) is 63.9 Å². The Kier molecular flexibility index (Phi) is 11.4. The van der Waals surface area contributed by atoms with Gasteiger partial charge in [-0.15, -0.1) is 0 Å². The number of aryl methyl sites for hydroxylation is 2. The summed E-state index contributed by atoms with van der Waals surface area (Å²) in [5, 5.41) is 5.72. The van der Waals surface area contributed by atoms with E-state index in [1.807, 2.05) is 22.2 Å². The van der Waals surface area contributed by atoms with Crippen molar-refractivity contribution in [1.82, 2.24) is 40.4 Å². The monoisotopic (exact) mass is 874 g/mol. The zero-order valence-corrected chi connectivity index (χ0v) is 36.9. The van der Waals surface area contributed by atoms with Crippen LogP contribution in [0.15, 0.2) is 48.8 Å². The minimum atomic E-state index is -0.678. The molecule has 4 aromatic rings. The van der Waals surface area contributed by atoms with Gasteiger partial charge in [0.2, 0.25) is 11.8 Å². The number of nitrogens with zero attached hydrogens (tertiary/aromatic N) is 4. The normalized spacial score (nSPS) is 26.1. The summed E-state index contributed by atoms with van der Waals surface area (Å²) >= 11 is 0. The Bertz CT molecular complexity index is 2250. The predicted octanol–water partition coefficient (Wildman–Crippen LogP) is 6.38. The molecule has 4 saturated heterocycles. The lowest BCUT2D eigenvalue weighted by atomic mass is 9.90. The Morgan fingerprint density at radius 1 is 0.641 bits per heavy atom. The number of benzene rings is 2. The number of aromatic amines is 2. The van der Waals surface area contributed by atoms with Crippen LogP contribution < -0.4 is 10.6 Å². The molecule has 0 spiro atoms. The number of aromatic nitrogens is 4. The van der Waals surface area contributed by atoms with Crippen molar-refractivity contribution in [2.24, 2.45) is 23.7 Å². The van der Waals surface area contributed by atoms with Gasteiger partial charge in [-0.1, -0.05) is 24.3 Å². The number of alkyl carbamates (subject to hydrolysis) is 2. The molecule has 2 aromatic carbocycles. The number of piperidine rings is 2. The van der Waals surface area contributed by atoms with Gasteiger partial charge in [-0.3, -0.25) is 9.59 Å². The SMILES string of the molecule is COC(=O)N[C@H](C(=O)N1[C@@H]2C[C@@H]2C[C@H]1c1ncc(-c2ccc(-c3ccc(-c4cnc([C@@H]5C[C@H]6C[C@H]6N5C(=O)[C@@H](NC(=O)OC)C5CCOCC5)[nH]4)cc3C)c(C)c2)[nH]1)C1CCOCC1. The molecule has 6 aliphatic rings. The van der Waals surface area contributed by atoms with Crippen molar-refractivity contribution < 1.29 is 38.1 Å². The Morgan fingerprint density at radius 3 is 1.42 bits per heavy atom. The van der Waals surface area contributed by atoms with E-state index in [2.05, 4.69) is 70.8 Å². The number of carbonyl (C=O) groups is 4. The van der Waals surface area contributed by atoms with Crippen LogP contribution in [0.25, 0.3) is 33.6 Å². The second-order valence-corrected chi connectivity index (χ2v) is 18.7. The fourth-order valence-electron chi connectivity index (χ4n) is 11.2. The summed E-state index contributed by atoms with van der Waals surface area (Å²) in [6.07, 6.45) is 8.91. The minimum absolute atomic E-state index is 0.0245. The molecule has 338 valence electrons. The van der Waals surface area contributed by atoms with E-state index in [1.165, 1.54) is 14.2 Å². The van der Waals surface area contributed by atoms with Crippen LogP contribution in [0.2, 0.25) is 0 Å². The average molecular weight is 875 g/mol. The van der Waals surface area contributed by atoms with Crippen molar-refractivity contribution >= 4 is 24.0 Å². The van der Waals surface area contributed by atoms with Crippen LogP contribution in [0, 0.1) is 37.5 Å². The summed E-state index contributed by atoms with van der Waals surface area (Å²) in [6.45, 7) is 6.49. The molecular formula is C48H58N8O8. The van der Waals surface area contributed by atoms with Gasteiger partial charge >= 0.3 is 12.2 Å². The number of hydrogen-bond acceptors (Lipinski definition) is 10. The highest BCUT2D eigenvalue weighted by Gasteiger charge is 2.58. The third-order valence-electron chi connectivity index (χ3n) is 14.8. The Hall–Kier alpha value is -5.74. The summed E-state index contributed by atoms with van der Waals surface area (Å²) < 4.78 is 21.0. The lowest BCUT2D eigenvalue weighted by molar-refractivity contribution is -0.138. The van der Waals surface area contributed by atoms with Crippen molar-refractivity contribution in [2.75, 3.05) is 40.6 Å². The van der Waals surface area contributed by atoms with E-state index >= 15 is 0 Å². The Balaban J connectivity index is 0.834. The fraction of sp³-hybridized carbons (Fsp3) is 0.542. The number of carbonyl (C=O) groups excluding carboxylic acids is 4. The van der Waals surface area contributed by atoms with Gasteiger partial charge in [-0.25, -0.2) is 19.6 Å². The number of rotatable bonds is 11. The summed E-state index contributed by atoms with van der Waals surface area (Å²) in [7, 11) is 2.64. The molecule has 4 N–H and O–H groups in total. The number of fused-ring (bicyclic) bond motifs is 2. The second-order valence-electron chi connectivity index (χ2n) is 18.7. The fourth-order valence-corrected chi connectivity index (χ4v) is 11.2. The summed E-state index contributed by atoms with van der Waals surface area (Å²) in [4.78, 5) is 74.1. The zero-order valence-electron chi connectivity index (χ0n) is 36.9. The van der Waals surface area contributed by atoms with E-state index in [9.17, 15) is 19.2 Å². The number of methoxy groups -OCH3 is 2. The maximum Gasteiger partial charge on any atom is 0.407 e. The molecule has 10 rings (SSSR count). The maximum absolute atomic E-state index is 14.3. The molecule has 64 heavy (non-hydrogen) atoms. The molecular weight excluding hydrogens is 817 g/mol. The second kappa shape index (κ2) is 17.3. The van der Waals surface area contributed by atoms with Gasteiger partial charge in [0.1, 0.15) is 23.7 Å². The molecule has 2 aliphatic carbocycles. The van der Waals surface area contributed by atoms with Gasteiger partial charge < -0.3 is 49.3 Å². The number of imidazole rings is 2. The predicted molar refractivity (Wildman–Crippen MR) is 234 cm³/mol. The van der Waals surface area contributed by atoms with Gasteiger partial charge in [0.25, 0.3) is 0 Å². The number of hydrogen-bond donors (Lipinski definition) is 4. The third-order valence-corrected chi connectivity index (χ3v) is 14.8. The molecule has 8 atom stereocenters. The molecule has 0 bridgehead atoms. The first-order valence-corrected chi connectivity index (χ1v) is 22.9. The van der Waals surface area contributed by atoms with E-state index < -0.39 is 24.3 Å². The Morgan fingerprint density at radius 2 is 1.05 bits per heavy atom. The molecule has 6 heterocycles. The van der Waals surface area contributed by atoms with Crippen molar-refractivity contribution in [2.45, 2.75) is 101 Å². The number of H-pyrrole nitrogens is 2. The highest BCUT2D eigenvalue weighted by molar-refractivity contribution is 5.88. The first-order chi connectivity index (χ1) is 31.1. The molecule has 16 heteroatoms. The van der Waals surface area contributed by atoms with Crippen molar-refractivity contribution in [3.05, 3.63) is 71.6 Å². The molecule has 0 unspecified atom stereocenters. The van der Waals surface area contributed by atoms with Crippen LogP contribution in [0.3, 0.4) is 0 Å². The van der Waals surface area contributed by atoms with E-state index in [0.717, 1.165) is 82.1 Å². The molecule has 16 nitrogen and oxygen atoms in total. The molecule has 4 amide bonds. The van der Waals surface area contributed by atoms with Gasteiger partial charge in [-0.2, -0.15) is 0 Å². The van der Waals surface area contributed by atoms with E-state index in [4.69, 9.17) is 28.9 Å². The van der Waals surface area contributed by atoms with Crippen LogP contribution in [0.5, 0.6) is 0 Å². The molecule has 2 aromatic heterocycles. The van der Waals surface area contributed by atoms with Crippen LogP contribution in [-0.4, -0.2) is 119 Å². The van der Waals surface area contributed by atoms with E-state index in [-0.39, 0.29) is 47.8 Å². The highest BCUT2D eigenvalue weighted by atomic mass is 16.5. The number of nitrogens with one attached hydrogen (secondary N) is 4. The van der Waals surface area contributed by atoms with E-state index in [1.54, 1.807) is 0 Å². The van der Waals surface area contributed by atoms with Crippen LogP contribution in [0.4, 0.5) is 9.59 Å². The molecule has 0 radical (unpaired) electrons. The molecule has 2 saturated carbocycles. The standard InChI is InChI=1S/C48H58N8O8/c1-25-17-29(35-23-49-43(51-35)39-21-31-19-37(31)55(39)45(57)41(53-47(59)61-3)27-9-13-63-14-10-27)5-7-33(25)34-8-6-30(18-26(34)2)36-24-50-44(52-36)40-22-32-20-38(32)56(40)46(58)42(54-48(60)62-4)28-11-15-64-16-12-28/h5-8,17-18,23-24,27-28,31-32,37-42H,9-16,19-22H2,1-4H3,(H,49,51)(H,50,52)(H,53,59)(H,54,60)/t31-,32-,37-,38-,39+,40+,41+,42+/m1/s1. The molecule has 4 aliphatic heterocycles. The highest BCUT2D eigenvalue weighted by Crippen LogP contribution is 2.55. The maximum atomic E-state index is 14.3. The van der Waals surface area contributed by atoms with Crippen LogP contribution in [-0.2, 0) is 28.5 Å². The first kappa shape index (κ1) is 42.2. The lowest BCUT2D eigenvalue weighted by Gasteiger charge is -2.35. The lowest BCUT2D eigenvalue weighted by Crippen LogP contribution is -2.54.